The van der Waals surface area contributed by atoms with Crippen LogP contribution in [0.5, 0.6) is 0 Å². The van der Waals surface area contributed by atoms with E-state index in [1.54, 1.807) is 54.6 Å². The third-order valence-electron chi connectivity index (χ3n) is 6.35. The minimum absolute atomic E-state index is 0.0875. The zero-order valence-electron chi connectivity index (χ0n) is 18.6. The minimum atomic E-state index is -0.618. The van der Waals surface area contributed by atoms with Gasteiger partial charge in [0.2, 0.25) is 0 Å². The predicted molar refractivity (Wildman–Crippen MR) is 140 cm³/mol. The second-order valence-electron chi connectivity index (χ2n) is 8.35. The van der Waals surface area contributed by atoms with Gasteiger partial charge in [0.05, 0.1) is 26.9 Å². The zero-order chi connectivity index (χ0) is 25.0. The van der Waals surface area contributed by atoms with E-state index in [-0.39, 0.29) is 22.5 Å². The summed E-state index contributed by atoms with van der Waals surface area (Å²) in [6, 6.07) is 25.8. The minimum Gasteiger partial charge on any atom is -0.348 e. The molecule has 0 aromatic heterocycles. The molecule has 0 spiro atoms. The maximum atomic E-state index is 13.8. The number of rotatable bonds is 4. The maximum Gasteiger partial charge on any atom is 0.294 e. The summed E-state index contributed by atoms with van der Waals surface area (Å²) in [6.07, 6.45) is 0. The monoisotopic (exact) mass is 493 g/mol. The van der Waals surface area contributed by atoms with E-state index in [1.165, 1.54) is 6.07 Å². The van der Waals surface area contributed by atoms with Crippen LogP contribution in [0.1, 0.15) is 20.7 Å². The second kappa shape index (κ2) is 8.18. The average Bonchev–Trinajstić information content (AvgIpc) is 2.89. The molecule has 0 atom stereocenters. The van der Waals surface area contributed by atoms with Gasteiger partial charge in [-0.15, -0.1) is 0 Å². The number of amides is 2. The number of fused-ring (bicyclic) bond motifs is 1. The molecular weight excluding hydrogens is 478 g/mol. The highest BCUT2D eigenvalue weighted by Crippen LogP contribution is 2.43. The molecule has 0 fully saturated rings. The molecule has 7 nitrogen and oxygen atoms in total. The first-order valence-corrected chi connectivity index (χ1v) is 11.5. The number of anilines is 3. The van der Waals surface area contributed by atoms with Gasteiger partial charge in [-0.3, -0.25) is 19.7 Å². The van der Waals surface area contributed by atoms with Gasteiger partial charge >= 0.3 is 0 Å². The van der Waals surface area contributed by atoms with Crippen molar-refractivity contribution in [3.8, 4) is 0 Å². The van der Waals surface area contributed by atoms with Crippen molar-refractivity contribution < 1.29 is 14.5 Å². The fourth-order valence-corrected chi connectivity index (χ4v) is 4.93. The van der Waals surface area contributed by atoms with E-state index in [2.05, 4.69) is 5.32 Å². The number of halogens is 1. The van der Waals surface area contributed by atoms with E-state index in [0.717, 1.165) is 15.7 Å². The summed E-state index contributed by atoms with van der Waals surface area (Å²) in [6.45, 7) is 0. The van der Waals surface area contributed by atoms with E-state index in [0.29, 0.717) is 27.2 Å². The number of carbonyl (C=O) groups is 2. The van der Waals surface area contributed by atoms with Crippen LogP contribution in [-0.2, 0) is 0 Å². The number of nitrogens with zero attached hydrogens (tertiary/aromatic N) is 2. The number of carbonyl (C=O) groups excluding carboxylic acids is 2. The number of para-hydroxylation sites is 1. The van der Waals surface area contributed by atoms with E-state index in [1.807, 2.05) is 30.3 Å². The van der Waals surface area contributed by atoms with Crippen molar-refractivity contribution in [1.29, 1.82) is 0 Å². The Kier molecular flexibility index (Phi) is 4.94. The lowest BCUT2D eigenvalue weighted by atomic mass is 9.91. The molecule has 0 aliphatic carbocycles. The van der Waals surface area contributed by atoms with Crippen molar-refractivity contribution in [2.45, 2.75) is 0 Å². The lowest BCUT2D eigenvalue weighted by molar-refractivity contribution is -0.383. The van der Waals surface area contributed by atoms with E-state index in [4.69, 9.17) is 11.6 Å². The number of hydrogen-bond acceptors (Lipinski definition) is 5. The lowest BCUT2D eigenvalue weighted by Gasteiger charge is -2.28. The molecule has 0 radical (unpaired) electrons. The molecule has 8 heteroatoms. The molecule has 0 saturated heterocycles. The predicted octanol–water partition coefficient (Wildman–Crippen LogP) is 7.10. The Bertz CT molecular complexity index is 1760. The third kappa shape index (κ3) is 3.21. The van der Waals surface area contributed by atoms with Crippen LogP contribution in [0.2, 0.25) is 5.02 Å². The summed E-state index contributed by atoms with van der Waals surface area (Å²) >= 11 is 6.29. The lowest BCUT2D eigenvalue weighted by Crippen LogP contribution is -2.40. The first-order valence-electron chi connectivity index (χ1n) is 11.1. The largest absolute Gasteiger partial charge is 0.348 e. The van der Waals surface area contributed by atoms with Gasteiger partial charge in [-0.05, 0) is 29.7 Å². The highest BCUT2D eigenvalue weighted by Gasteiger charge is 2.37. The molecule has 0 unspecified atom stereocenters. The fraction of sp³-hybridized carbons (Fsp3) is 0. The van der Waals surface area contributed by atoms with E-state index < -0.39 is 16.7 Å². The van der Waals surface area contributed by atoms with Crippen molar-refractivity contribution in [2.24, 2.45) is 0 Å². The molecule has 0 saturated carbocycles. The SMILES string of the molecule is O=C1c2cccc3c(Nc4ccccc4Cl)c([N+](=O)[O-])cc(c23)C(=O)N1c1cccc2ccccc12. The van der Waals surface area contributed by atoms with Crippen LogP contribution in [0.15, 0.2) is 91.0 Å². The Labute approximate surface area is 209 Å². The number of hydrogen-bond donors (Lipinski definition) is 1. The first kappa shape index (κ1) is 21.8. The van der Waals surface area contributed by atoms with Gasteiger partial charge in [-0.1, -0.05) is 72.3 Å². The van der Waals surface area contributed by atoms with Crippen molar-refractivity contribution >= 4 is 67.7 Å². The normalized spacial score (nSPS) is 12.9. The van der Waals surface area contributed by atoms with Crippen LogP contribution in [-0.4, -0.2) is 16.7 Å². The van der Waals surface area contributed by atoms with Gasteiger partial charge in [0.15, 0.2) is 0 Å². The Morgan fingerprint density at radius 1 is 0.778 bits per heavy atom. The van der Waals surface area contributed by atoms with Gasteiger partial charge in [0.1, 0.15) is 5.69 Å². The Balaban J connectivity index is 1.61. The fourth-order valence-electron chi connectivity index (χ4n) is 4.74. The number of nitrogens with one attached hydrogen (secondary N) is 1. The van der Waals surface area contributed by atoms with Crippen LogP contribution in [0.25, 0.3) is 21.5 Å². The molecule has 2 amide bonds. The van der Waals surface area contributed by atoms with Crippen molar-refractivity contribution in [2.75, 3.05) is 10.2 Å². The van der Waals surface area contributed by atoms with Crippen molar-refractivity contribution in [3.63, 3.8) is 0 Å². The highest BCUT2D eigenvalue weighted by atomic mass is 35.5. The molecule has 174 valence electrons. The third-order valence-corrected chi connectivity index (χ3v) is 6.67. The molecule has 1 aliphatic rings. The Morgan fingerprint density at radius 2 is 1.44 bits per heavy atom. The maximum absolute atomic E-state index is 13.8. The molecule has 5 aromatic rings. The van der Waals surface area contributed by atoms with Gasteiger partial charge in [0.25, 0.3) is 17.5 Å². The van der Waals surface area contributed by atoms with Gasteiger partial charge in [0, 0.05) is 27.8 Å². The molecule has 6 rings (SSSR count). The Hall–Kier alpha value is -4.75. The van der Waals surface area contributed by atoms with Gasteiger partial charge in [-0.2, -0.15) is 0 Å². The molecule has 36 heavy (non-hydrogen) atoms. The number of nitro groups is 1. The summed E-state index contributed by atoms with van der Waals surface area (Å²) in [4.78, 5) is 40.2. The number of imide groups is 1. The smallest absolute Gasteiger partial charge is 0.294 e. The quantitative estimate of drug-likeness (QED) is 0.164. The summed E-state index contributed by atoms with van der Waals surface area (Å²) in [5.74, 6) is -1.11. The summed E-state index contributed by atoms with van der Waals surface area (Å²) in [5.41, 5.74) is 1.13. The van der Waals surface area contributed by atoms with Gasteiger partial charge < -0.3 is 5.32 Å². The molecule has 1 N–H and O–H groups in total. The van der Waals surface area contributed by atoms with Crippen LogP contribution < -0.4 is 10.2 Å². The summed E-state index contributed by atoms with van der Waals surface area (Å²) in [5, 5.41) is 17.9. The van der Waals surface area contributed by atoms with Crippen LogP contribution in [0, 0.1) is 10.1 Å². The average molecular weight is 494 g/mol. The second-order valence-corrected chi connectivity index (χ2v) is 8.76. The standard InChI is InChI=1S/C28H16ClN3O4/c29-21-12-3-4-13-22(21)30-26-18-10-6-11-19-25(18)20(15-24(26)32(35)36)28(34)31(27(19)33)23-14-5-8-16-7-1-2-9-17(16)23/h1-15,30H. The molecule has 1 aliphatic heterocycles. The summed E-state index contributed by atoms with van der Waals surface area (Å²) in [7, 11) is 0. The summed E-state index contributed by atoms with van der Waals surface area (Å²) < 4.78 is 0. The van der Waals surface area contributed by atoms with Gasteiger partial charge in [-0.25, -0.2) is 4.90 Å². The molecule has 0 bridgehead atoms. The van der Waals surface area contributed by atoms with E-state index in [9.17, 15) is 19.7 Å². The zero-order valence-corrected chi connectivity index (χ0v) is 19.3. The Morgan fingerprint density at radius 3 is 2.25 bits per heavy atom. The molecular formula is C28H16ClN3O4. The topological polar surface area (TPSA) is 92.5 Å². The molecule has 1 heterocycles. The van der Waals surface area contributed by atoms with E-state index >= 15 is 0 Å². The van der Waals surface area contributed by atoms with Crippen LogP contribution >= 0.6 is 11.6 Å². The molecule has 5 aromatic carbocycles. The van der Waals surface area contributed by atoms with Crippen molar-refractivity contribution in [1.82, 2.24) is 0 Å². The van der Waals surface area contributed by atoms with Crippen LogP contribution in [0.4, 0.5) is 22.7 Å². The van der Waals surface area contributed by atoms with Crippen LogP contribution in [0.3, 0.4) is 0 Å². The number of nitro benzene ring substituents is 1. The highest BCUT2D eigenvalue weighted by molar-refractivity contribution is 6.38. The first-order chi connectivity index (χ1) is 17.5. The van der Waals surface area contributed by atoms with Crippen molar-refractivity contribution in [3.05, 3.63) is 117 Å². The number of benzene rings is 5.